The zero-order valence-corrected chi connectivity index (χ0v) is 12.0. The summed E-state index contributed by atoms with van der Waals surface area (Å²) in [5.74, 6) is 0. The SMILES string of the molecule is CCc1ccc(CO/N=[C]\c2ccccc2C(F)(F)F)cc1. The summed E-state index contributed by atoms with van der Waals surface area (Å²) in [4.78, 5) is 5.01. The van der Waals surface area contributed by atoms with Crippen molar-refractivity contribution in [2.24, 2.45) is 5.16 Å². The van der Waals surface area contributed by atoms with Crippen molar-refractivity contribution in [3.63, 3.8) is 0 Å². The van der Waals surface area contributed by atoms with E-state index in [1.54, 1.807) is 0 Å². The monoisotopic (exact) mass is 306 g/mol. The van der Waals surface area contributed by atoms with Gasteiger partial charge in [0.05, 0.1) is 5.56 Å². The van der Waals surface area contributed by atoms with Crippen LogP contribution in [0.5, 0.6) is 0 Å². The summed E-state index contributed by atoms with van der Waals surface area (Å²) < 4.78 is 38.3. The largest absolute Gasteiger partial charge is 0.417 e. The minimum absolute atomic E-state index is 0.142. The first kappa shape index (κ1) is 16.1. The number of hydrogen-bond acceptors (Lipinski definition) is 2. The first-order valence-corrected chi connectivity index (χ1v) is 6.82. The van der Waals surface area contributed by atoms with Gasteiger partial charge in [0.1, 0.15) is 12.8 Å². The van der Waals surface area contributed by atoms with Gasteiger partial charge < -0.3 is 4.84 Å². The summed E-state index contributed by atoms with van der Waals surface area (Å²) in [6.07, 6.45) is -1.19. The molecule has 0 fully saturated rings. The van der Waals surface area contributed by atoms with Crippen molar-refractivity contribution in [3.05, 3.63) is 70.8 Å². The molecule has 2 rings (SSSR count). The van der Waals surface area contributed by atoms with E-state index in [2.05, 4.69) is 18.3 Å². The summed E-state index contributed by atoms with van der Waals surface area (Å²) >= 11 is 0. The molecule has 2 aromatic carbocycles. The summed E-state index contributed by atoms with van der Waals surface area (Å²) in [6.45, 7) is 2.24. The second-order valence-electron chi connectivity index (χ2n) is 4.69. The second-order valence-corrected chi connectivity index (χ2v) is 4.69. The molecule has 0 unspecified atom stereocenters. The predicted molar refractivity (Wildman–Crippen MR) is 78.6 cm³/mol. The average molecular weight is 306 g/mol. The van der Waals surface area contributed by atoms with Gasteiger partial charge in [-0.25, -0.2) is 0 Å². The van der Waals surface area contributed by atoms with Crippen LogP contribution in [-0.4, -0.2) is 6.21 Å². The molecule has 0 saturated carbocycles. The first-order chi connectivity index (χ1) is 10.5. The molecule has 0 atom stereocenters. The van der Waals surface area contributed by atoms with Crippen molar-refractivity contribution in [3.8, 4) is 0 Å². The molecule has 1 radical (unpaired) electrons. The Morgan fingerprint density at radius 2 is 1.64 bits per heavy atom. The lowest BCUT2D eigenvalue weighted by Crippen LogP contribution is -2.08. The lowest BCUT2D eigenvalue weighted by atomic mass is 10.1. The van der Waals surface area contributed by atoms with Crippen LogP contribution in [0.1, 0.15) is 29.2 Å². The highest BCUT2D eigenvalue weighted by atomic mass is 19.4. The van der Waals surface area contributed by atoms with Gasteiger partial charge in [0, 0.05) is 5.56 Å². The van der Waals surface area contributed by atoms with Crippen LogP contribution < -0.4 is 0 Å². The lowest BCUT2D eigenvalue weighted by Gasteiger charge is -2.08. The fourth-order valence-electron chi connectivity index (χ4n) is 1.89. The number of alkyl halides is 3. The van der Waals surface area contributed by atoms with Gasteiger partial charge in [0.25, 0.3) is 0 Å². The molecule has 2 aromatic rings. The number of halogens is 3. The molecule has 0 aromatic heterocycles. The molecule has 0 aliphatic rings. The van der Waals surface area contributed by atoms with E-state index in [1.165, 1.54) is 23.8 Å². The van der Waals surface area contributed by atoms with E-state index in [-0.39, 0.29) is 12.2 Å². The van der Waals surface area contributed by atoms with E-state index in [9.17, 15) is 13.2 Å². The van der Waals surface area contributed by atoms with Gasteiger partial charge in [-0.2, -0.15) is 13.2 Å². The van der Waals surface area contributed by atoms with Crippen molar-refractivity contribution in [2.45, 2.75) is 26.1 Å². The number of hydrogen-bond donors (Lipinski definition) is 0. The Morgan fingerprint density at radius 3 is 2.27 bits per heavy atom. The molecule has 0 saturated heterocycles. The van der Waals surface area contributed by atoms with Gasteiger partial charge in [-0.1, -0.05) is 54.5 Å². The lowest BCUT2D eigenvalue weighted by molar-refractivity contribution is -0.137. The third-order valence-electron chi connectivity index (χ3n) is 3.13. The number of nitrogens with zero attached hydrogens (tertiary/aromatic N) is 1. The second kappa shape index (κ2) is 7.11. The quantitative estimate of drug-likeness (QED) is 0.580. The molecule has 0 bridgehead atoms. The van der Waals surface area contributed by atoms with E-state index in [0.29, 0.717) is 0 Å². The highest BCUT2D eigenvalue weighted by Crippen LogP contribution is 2.31. The third-order valence-corrected chi connectivity index (χ3v) is 3.13. The highest BCUT2D eigenvalue weighted by molar-refractivity contribution is 5.81. The number of aryl methyl sites for hydroxylation is 1. The molecule has 0 N–H and O–H groups in total. The Morgan fingerprint density at radius 1 is 1.00 bits per heavy atom. The van der Waals surface area contributed by atoms with Crippen molar-refractivity contribution >= 4 is 6.21 Å². The molecule has 0 heterocycles. The van der Waals surface area contributed by atoms with Crippen molar-refractivity contribution < 1.29 is 18.0 Å². The standard InChI is InChI=1S/C17H15F3NO/c1-2-13-7-9-14(10-8-13)12-22-21-11-15-5-3-4-6-16(15)17(18,19)20/h3-10H,2,12H2,1H3. The van der Waals surface area contributed by atoms with Crippen LogP contribution in [0.3, 0.4) is 0 Å². The maximum Gasteiger partial charge on any atom is 0.417 e. The Labute approximate surface area is 127 Å². The van der Waals surface area contributed by atoms with Gasteiger partial charge in [0.2, 0.25) is 0 Å². The maximum atomic E-state index is 12.8. The average Bonchev–Trinajstić information content (AvgIpc) is 2.51. The molecule has 2 nitrogen and oxygen atoms in total. The molecule has 0 spiro atoms. The third kappa shape index (κ3) is 4.35. The fourth-order valence-corrected chi connectivity index (χ4v) is 1.89. The van der Waals surface area contributed by atoms with Gasteiger partial charge >= 0.3 is 6.18 Å². The summed E-state index contributed by atoms with van der Waals surface area (Å²) in [5.41, 5.74) is 1.18. The molecular formula is C17H15F3NO. The minimum atomic E-state index is -4.44. The Kier molecular flexibility index (Phi) is 5.20. The Bertz CT molecular complexity index is 633. The molecule has 0 amide bonds. The van der Waals surface area contributed by atoms with Crippen LogP contribution in [0.2, 0.25) is 0 Å². The molecule has 22 heavy (non-hydrogen) atoms. The zero-order valence-electron chi connectivity index (χ0n) is 12.0. The van der Waals surface area contributed by atoms with E-state index < -0.39 is 11.7 Å². The van der Waals surface area contributed by atoms with Crippen molar-refractivity contribution in [1.29, 1.82) is 0 Å². The van der Waals surface area contributed by atoms with Crippen LogP contribution >= 0.6 is 0 Å². The molecular weight excluding hydrogens is 291 g/mol. The van der Waals surface area contributed by atoms with Crippen LogP contribution in [0.4, 0.5) is 13.2 Å². The molecule has 0 aliphatic heterocycles. The summed E-state index contributed by atoms with van der Waals surface area (Å²) in [5, 5.41) is 3.50. The zero-order chi connectivity index (χ0) is 16.0. The molecule has 115 valence electrons. The van der Waals surface area contributed by atoms with Crippen LogP contribution in [0.25, 0.3) is 0 Å². The summed E-state index contributed by atoms with van der Waals surface area (Å²) in [7, 11) is 0. The van der Waals surface area contributed by atoms with Gasteiger partial charge in [0.15, 0.2) is 0 Å². The minimum Gasteiger partial charge on any atom is -0.390 e. The number of rotatable bonds is 5. The van der Waals surface area contributed by atoms with Crippen LogP contribution in [0, 0.1) is 0 Å². The normalized spacial score (nSPS) is 11.8. The predicted octanol–water partition coefficient (Wildman–Crippen LogP) is 4.70. The van der Waals surface area contributed by atoms with Crippen molar-refractivity contribution in [2.75, 3.05) is 0 Å². The topological polar surface area (TPSA) is 21.6 Å². The fraction of sp³-hybridized carbons (Fsp3) is 0.235. The molecule has 5 heteroatoms. The smallest absolute Gasteiger partial charge is 0.390 e. The Hall–Kier alpha value is -2.30. The number of benzene rings is 2. The van der Waals surface area contributed by atoms with Gasteiger partial charge in [-0.3, -0.25) is 0 Å². The van der Waals surface area contributed by atoms with E-state index in [4.69, 9.17) is 4.84 Å². The molecule has 0 aliphatic carbocycles. The van der Waals surface area contributed by atoms with Gasteiger partial charge in [-0.05, 0) is 23.6 Å². The Balaban J connectivity index is 1.98. The summed E-state index contributed by atoms with van der Waals surface area (Å²) in [6, 6.07) is 12.9. The van der Waals surface area contributed by atoms with Crippen molar-refractivity contribution in [1.82, 2.24) is 0 Å². The van der Waals surface area contributed by atoms with E-state index >= 15 is 0 Å². The van der Waals surface area contributed by atoms with E-state index in [0.717, 1.165) is 18.1 Å². The van der Waals surface area contributed by atoms with Gasteiger partial charge in [-0.15, -0.1) is 0 Å². The van der Waals surface area contributed by atoms with Crippen LogP contribution in [-0.2, 0) is 24.0 Å². The van der Waals surface area contributed by atoms with E-state index in [1.807, 2.05) is 24.3 Å². The highest BCUT2D eigenvalue weighted by Gasteiger charge is 2.32. The first-order valence-electron chi connectivity index (χ1n) is 6.82. The van der Waals surface area contributed by atoms with Crippen LogP contribution in [0.15, 0.2) is 53.7 Å². The maximum absolute atomic E-state index is 12.8.